The number of ketones is 1. The Balaban J connectivity index is 2.13. The molecule has 0 spiro atoms. The number of carbonyl (C=O) groups is 1. The summed E-state index contributed by atoms with van der Waals surface area (Å²) in [4.78, 5) is 22.0. The van der Waals surface area contributed by atoms with Crippen molar-refractivity contribution < 1.29 is 9.72 Å². The summed E-state index contributed by atoms with van der Waals surface area (Å²) in [5.41, 5.74) is 2.47. The molecule has 0 saturated carbocycles. The maximum absolute atomic E-state index is 11.9. The molecule has 2 aromatic rings. The van der Waals surface area contributed by atoms with E-state index >= 15 is 0 Å². The lowest BCUT2D eigenvalue weighted by molar-refractivity contribution is -0.384. The van der Waals surface area contributed by atoms with Gasteiger partial charge in [0.15, 0.2) is 5.78 Å². The predicted molar refractivity (Wildman–Crippen MR) is 77.6 cm³/mol. The predicted octanol–water partition coefficient (Wildman–Crippen LogP) is 3.80. The van der Waals surface area contributed by atoms with Gasteiger partial charge in [-0.3, -0.25) is 14.9 Å². The fraction of sp³-hybridized carbons (Fsp3) is 0.0625. The number of hydrogen-bond donors (Lipinski definition) is 0. The summed E-state index contributed by atoms with van der Waals surface area (Å²) in [5, 5.41) is 10.5. The highest BCUT2D eigenvalue weighted by molar-refractivity contribution is 6.06. The Hall–Kier alpha value is -2.75. The maximum atomic E-state index is 11.9. The van der Waals surface area contributed by atoms with Crippen molar-refractivity contribution in [2.24, 2.45) is 0 Å². The zero-order chi connectivity index (χ0) is 14.5. The minimum Gasteiger partial charge on any atom is -0.289 e. The molecule has 4 nitrogen and oxygen atoms in total. The summed E-state index contributed by atoms with van der Waals surface area (Å²) in [6, 6.07) is 13.4. The molecule has 0 aliphatic rings. The average molecular weight is 267 g/mol. The van der Waals surface area contributed by atoms with Crippen molar-refractivity contribution in [3.63, 3.8) is 0 Å². The first-order valence-electron chi connectivity index (χ1n) is 6.10. The highest BCUT2D eigenvalue weighted by atomic mass is 16.6. The van der Waals surface area contributed by atoms with E-state index in [0.29, 0.717) is 5.56 Å². The van der Waals surface area contributed by atoms with Gasteiger partial charge in [0.1, 0.15) is 0 Å². The number of nitro benzene ring substituents is 1. The number of aryl methyl sites for hydroxylation is 1. The molecular weight excluding hydrogens is 254 g/mol. The number of benzene rings is 2. The van der Waals surface area contributed by atoms with Gasteiger partial charge in [-0.25, -0.2) is 0 Å². The van der Waals surface area contributed by atoms with Crippen LogP contribution in [0.25, 0.3) is 6.08 Å². The SMILES string of the molecule is Cc1cccc(/C=C/C(=O)c2ccc([N+](=O)[O-])cc2)c1. The van der Waals surface area contributed by atoms with Gasteiger partial charge in [-0.15, -0.1) is 0 Å². The Labute approximate surface area is 116 Å². The first kappa shape index (κ1) is 13.7. The van der Waals surface area contributed by atoms with E-state index in [9.17, 15) is 14.9 Å². The lowest BCUT2D eigenvalue weighted by Gasteiger charge is -1.97. The molecule has 0 radical (unpaired) electrons. The second kappa shape index (κ2) is 5.93. The second-order valence-electron chi connectivity index (χ2n) is 4.42. The molecule has 0 bridgehead atoms. The molecule has 0 atom stereocenters. The summed E-state index contributed by atoms with van der Waals surface area (Å²) >= 11 is 0. The molecule has 0 heterocycles. The van der Waals surface area contributed by atoms with Crippen LogP contribution in [-0.4, -0.2) is 10.7 Å². The molecule has 4 heteroatoms. The third-order valence-corrected chi connectivity index (χ3v) is 2.83. The number of carbonyl (C=O) groups excluding carboxylic acids is 1. The first-order valence-corrected chi connectivity index (χ1v) is 6.10. The molecule has 0 aliphatic carbocycles. The third-order valence-electron chi connectivity index (χ3n) is 2.83. The van der Waals surface area contributed by atoms with Crippen LogP contribution in [0, 0.1) is 17.0 Å². The summed E-state index contributed by atoms with van der Waals surface area (Å²) < 4.78 is 0. The van der Waals surface area contributed by atoms with Gasteiger partial charge in [-0.2, -0.15) is 0 Å². The van der Waals surface area contributed by atoms with E-state index in [1.54, 1.807) is 6.08 Å². The van der Waals surface area contributed by atoms with Crippen molar-refractivity contribution in [1.82, 2.24) is 0 Å². The van der Waals surface area contributed by atoms with Crippen LogP contribution in [0.2, 0.25) is 0 Å². The lowest BCUT2D eigenvalue weighted by atomic mass is 10.1. The molecule has 0 aliphatic heterocycles. The Kier molecular flexibility index (Phi) is 4.05. The Morgan fingerprint density at radius 2 is 1.85 bits per heavy atom. The molecule has 2 aromatic carbocycles. The van der Waals surface area contributed by atoms with Crippen LogP contribution in [-0.2, 0) is 0 Å². The minimum atomic E-state index is -0.489. The van der Waals surface area contributed by atoms with Gasteiger partial charge in [0, 0.05) is 17.7 Å². The molecule has 0 fully saturated rings. The summed E-state index contributed by atoms with van der Waals surface area (Å²) in [6.45, 7) is 1.98. The zero-order valence-corrected chi connectivity index (χ0v) is 10.9. The molecule has 2 rings (SSSR count). The van der Waals surface area contributed by atoms with Crippen molar-refractivity contribution in [2.45, 2.75) is 6.92 Å². The smallest absolute Gasteiger partial charge is 0.269 e. The zero-order valence-electron chi connectivity index (χ0n) is 10.9. The number of nitro groups is 1. The fourth-order valence-electron chi connectivity index (χ4n) is 1.79. The summed E-state index contributed by atoms with van der Waals surface area (Å²) in [5.74, 6) is -0.179. The van der Waals surface area contributed by atoms with E-state index in [-0.39, 0.29) is 11.5 Å². The van der Waals surface area contributed by atoms with Gasteiger partial charge in [-0.1, -0.05) is 35.9 Å². The Morgan fingerprint density at radius 1 is 1.15 bits per heavy atom. The molecule has 0 unspecified atom stereocenters. The van der Waals surface area contributed by atoms with E-state index in [1.165, 1.54) is 30.3 Å². The van der Waals surface area contributed by atoms with E-state index in [2.05, 4.69) is 0 Å². The van der Waals surface area contributed by atoms with Gasteiger partial charge in [0.2, 0.25) is 0 Å². The van der Waals surface area contributed by atoms with Gasteiger partial charge in [-0.05, 0) is 30.7 Å². The van der Waals surface area contributed by atoms with Crippen LogP contribution >= 0.6 is 0 Å². The van der Waals surface area contributed by atoms with Crippen molar-refractivity contribution in [1.29, 1.82) is 0 Å². The highest BCUT2D eigenvalue weighted by Gasteiger charge is 2.07. The van der Waals surface area contributed by atoms with Crippen LogP contribution in [0.15, 0.2) is 54.6 Å². The normalized spacial score (nSPS) is 10.7. The molecule has 0 aromatic heterocycles. The fourth-order valence-corrected chi connectivity index (χ4v) is 1.79. The van der Waals surface area contributed by atoms with E-state index in [0.717, 1.165) is 11.1 Å². The quantitative estimate of drug-likeness (QED) is 0.366. The molecular formula is C16H13NO3. The molecule has 0 N–H and O–H groups in total. The van der Waals surface area contributed by atoms with Crippen LogP contribution in [0.4, 0.5) is 5.69 Å². The van der Waals surface area contributed by atoms with Gasteiger partial charge < -0.3 is 0 Å². The number of rotatable bonds is 4. The van der Waals surface area contributed by atoms with Crippen molar-refractivity contribution in [3.8, 4) is 0 Å². The van der Waals surface area contributed by atoms with E-state index in [1.807, 2.05) is 31.2 Å². The number of allylic oxidation sites excluding steroid dienone is 1. The summed E-state index contributed by atoms with van der Waals surface area (Å²) in [7, 11) is 0. The monoisotopic (exact) mass is 267 g/mol. The van der Waals surface area contributed by atoms with E-state index in [4.69, 9.17) is 0 Å². The van der Waals surface area contributed by atoms with Crippen molar-refractivity contribution >= 4 is 17.5 Å². The number of non-ortho nitro benzene ring substituents is 1. The van der Waals surface area contributed by atoms with Crippen molar-refractivity contribution in [3.05, 3.63) is 81.4 Å². The average Bonchev–Trinajstić information content (AvgIpc) is 2.45. The van der Waals surface area contributed by atoms with Crippen molar-refractivity contribution in [2.75, 3.05) is 0 Å². The van der Waals surface area contributed by atoms with E-state index < -0.39 is 4.92 Å². The largest absolute Gasteiger partial charge is 0.289 e. The van der Waals surface area contributed by atoms with Crippen LogP contribution < -0.4 is 0 Å². The second-order valence-corrected chi connectivity index (χ2v) is 4.42. The van der Waals surface area contributed by atoms with Gasteiger partial charge in [0.25, 0.3) is 5.69 Å². The van der Waals surface area contributed by atoms with Gasteiger partial charge in [0.05, 0.1) is 4.92 Å². The van der Waals surface area contributed by atoms with Crippen LogP contribution in [0.3, 0.4) is 0 Å². The minimum absolute atomic E-state index is 0.0239. The molecule has 20 heavy (non-hydrogen) atoms. The number of nitrogens with zero attached hydrogens (tertiary/aromatic N) is 1. The molecule has 0 amide bonds. The summed E-state index contributed by atoms with van der Waals surface area (Å²) in [6.07, 6.45) is 3.20. The van der Waals surface area contributed by atoms with Crippen LogP contribution in [0.5, 0.6) is 0 Å². The Bertz CT molecular complexity index is 672. The molecule has 100 valence electrons. The topological polar surface area (TPSA) is 60.2 Å². The first-order chi connectivity index (χ1) is 9.56. The number of hydrogen-bond acceptors (Lipinski definition) is 3. The molecule has 0 saturated heterocycles. The maximum Gasteiger partial charge on any atom is 0.269 e. The van der Waals surface area contributed by atoms with Crippen LogP contribution in [0.1, 0.15) is 21.5 Å². The Morgan fingerprint density at radius 3 is 2.45 bits per heavy atom. The highest BCUT2D eigenvalue weighted by Crippen LogP contribution is 2.13. The standard InChI is InChI=1S/C16H13NO3/c1-12-3-2-4-13(11-12)5-10-16(18)14-6-8-15(9-7-14)17(19)20/h2-11H,1H3/b10-5+. The lowest BCUT2D eigenvalue weighted by Crippen LogP contribution is -1.95. The van der Waals surface area contributed by atoms with Gasteiger partial charge >= 0.3 is 0 Å². The third kappa shape index (κ3) is 3.38.